The molecule has 2 fully saturated rings. The summed E-state index contributed by atoms with van der Waals surface area (Å²) in [7, 11) is 2.82. The first-order valence-electron chi connectivity index (χ1n) is 8.60. The van der Waals surface area contributed by atoms with Crippen LogP contribution in [0.4, 0.5) is 0 Å². The van der Waals surface area contributed by atoms with Crippen LogP contribution in [0.3, 0.4) is 0 Å². The first-order valence-corrected chi connectivity index (χ1v) is 9.99. The lowest BCUT2D eigenvalue weighted by atomic mass is 9.78. The second-order valence-electron chi connectivity index (χ2n) is 6.98. The average Bonchev–Trinajstić information content (AvgIpc) is 3.10. The minimum atomic E-state index is -1.19. The third kappa shape index (κ3) is 2.74. The Morgan fingerprint density at radius 1 is 1.27 bits per heavy atom. The molecule has 2 aliphatic rings. The maximum atomic E-state index is 12.9. The van der Waals surface area contributed by atoms with Crippen molar-refractivity contribution < 1.29 is 19.1 Å². The first kappa shape index (κ1) is 18.9. The van der Waals surface area contributed by atoms with Crippen molar-refractivity contribution in [2.45, 2.75) is 24.9 Å². The molecule has 7 heteroatoms. The molecule has 2 aliphatic heterocycles. The summed E-state index contributed by atoms with van der Waals surface area (Å²) < 4.78 is 5.07. The van der Waals surface area contributed by atoms with Gasteiger partial charge >= 0.3 is 5.97 Å². The minimum absolute atomic E-state index is 0.243. The summed E-state index contributed by atoms with van der Waals surface area (Å²) in [5, 5.41) is 3.35. The van der Waals surface area contributed by atoms with Crippen LogP contribution in [-0.4, -0.2) is 54.4 Å². The van der Waals surface area contributed by atoms with Gasteiger partial charge < -0.3 is 4.74 Å². The van der Waals surface area contributed by atoms with Gasteiger partial charge in [0.2, 0.25) is 11.8 Å². The zero-order valence-corrected chi connectivity index (χ0v) is 16.3. The number of benzene rings is 1. The zero-order valence-electron chi connectivity index (χ0n) is 15.4. The Morgan fingerprint density at radius 3 is 2.50 bits per heavy atom. The van der Waals surface area contributed by atoms with Crippen molar-refractivity contribution in [3.05, 3.63) is 35.4 Å². The lowest BCUT2D eigenvalue weighted by molar-refractivity contribution is -0.154. The molecular weight excluding hydrogens is 352 g/mol. The molecule has 1 aromatic rings. The SMILES string of the molecule is COC(=O)[C@@]1(CCSC)N[C@H](c2ccc(C)cc2)[C@H]2C(=O)N(C)C(=O)[C@H]21. The number of aryl methyl sites for hydroxylation is 1. The summed E-state index contributed by atoms with van der Waals surface area (Å²) >= 11 is 1.59. The highest BCUT2D eigenvalue weighted by atomic mass is 32.2. The van der Waals surface area contributed by atoms with Crippen LogP contribution >= 0.6 is 11.8 Å². The minimum Gasteiger partial charge on any atom is -0.468 e. The van der Waals surface area contributed by atoms with Crippen molar-refractivity contribution in [3.63, 3.8) is 0 Å². The highest BCUT2D eigenvalue weighted by Crippen LogP contribution is 2.50. The van der Waals surface area contributed by atoms with E-state index >= 15 is 0 Å². The summed E-state index contributed by atoms with van der Waals surface area (Å²) in [6, 6.07) is 7.43. The fourth-order valence-corrected chi connectivity index (χ4v) is 4.70. The van der Waals surface area contributed by atoms with Crippen molar-refractivity contribution in [3.8, 4) is 0 Å². The Balaban J connectivity index is 2.11. The monoisotopic (exact) mass is 376 g/mol. The highest BCUT2D eigenvalue weighted by Gasteiger charge is 2.67. The van der Waals surface area contributed by atoms with E-state index in [1.54, 1.807) is 11.8 Å². The number of imide groups is 1. The van der Waals surface area contributed by atoms with Crippen LogP contribution in [0, 0.1) is 18.8 Å². The van der Waals surface area contributed by atoms with E-state index in [4.69, 9.17) is 4.74 Å². The van der Waals surface area contributed by atoms with E-state index in [2.05, 4.69) is 5.32 Å². The molecule has 2 heterocycles. The number of methoxy groups -OCH3 is 1. The normalized spacial score (nSPS) is 30.6. The summed E-state index contributed by atoms with van der Waals surface area (Å²) in [6.45, 7) is 1.99. The van der Waals surface area contributed by atoms with Gasteiger partial charge in [-0.15, -0.1) is 0 Å². The predicted molar refractivity (Wildman–Crippen MR) is 99.6 cm³/mol. The summed E-state index contributed by atoms with van der Waals surface area (Å²) in [4.78, 5) is 39.7. The second-order valence-corrected chi connectivity index (χ2v) is 7.96. The summed E-state index contributed by atoms with van der Waals surface area (Å²) in [5.74, 6) is -1.70. The van der Waals surface area contributed by atoms with Gasteiger partial charge in [0, 0.05) is 13.1 Å². The van der Waals surface area contributed by atoms with Crippen LogP contribution in [0.2, 0.25) is 0 Å². The Morgan fingerprint density at radius 2 is 1.92 bits per heavy atom. The van der Waals surface area contributed by atoms with E-state index in [0.717, 1.165) is 16.0 Å². The number of carbonyl (C=O) groups is 3. The number of nitrogens with one attached hydrogen (secondary N) is 1. The molecule has 1 aromatic carbocycles. The molecule has 4 atom stereocenters. The summed E-state index contributed by atoms with van der Waals surface area (Å²) in [6.07, 6.45) is 2.37. The van der Waals surface area contributed by atoms with Crippen LogP contribution < -0.4 is 5.32 Å². The van der Waals surface area contributed by atoms with Gasteiger partial charge in [-0.1, -0.05) is 29.8 Å². The van der Waals surface area contributed by atoms with Crippen molar-refractivity contribution in [2.24, 2.45) is 11.8 Å². The van der Waals surface area contributed by atoms with Gasteiger partial charge in [-0.05, 0) is 30.9 Å². The molecule has 0 saturated carbocycles. The zero-order chi connectivity index (χ0) is 19.1. The van der Waals surface area contributed by atoms with E-state index in [-0.39, 0.29) is 11.8 Å². The number of hydrogen-bond acceptors (Lipinski definition) is 6. The quantitative estimate of drug-likeness (QED) is 0.621. The molecule has 0 bridgehead atoms. The Labute approximate surface area is 157 Å². The largest absolute Gasteiger partial charge is 0.468 e. The highest BCUT2D eigenvalue weighted by molar-refractivity contribution is 7.98. The predicted octanol–water partition coefficient (Wildman–Crippen LogP) is 1.54. The molecule has 26 heavy (non-hydrogen) atoms. The fourth-order valence-electron chi connectivity index (χ4n) is 4.17. The van der Waals surface area contributed by atoms with Crippen molar-refractivity contribution in [2.75, 3.05) is 26.2 Å². The number of likely N-dealkylation sites (tertiary alicyclic amines) is 1. The molecule has 1 N–H and O–H groups in total. The average molecular weight is 376 g/mol. The standard InChI is InChI=1S/C19H24N2O4S/c1-11-5-7-12(8-6-11)15-13-14(17(23)21(2)16(13)22)19(20-15,9-10-26-4)18(24)25-3/h5-8,13-15,20H,9-10H2,1-4H3/t13-,14-,15+,19-/m0/s1. The van der Waals surface area contributed by atoms with Gasteiger partial charge in [-0.25, -0.2) is 0 Å². The van der Waals surface area contributed by atoms with Crippen molar-refractivity contribution >= 4 is 29.5 Å². The summed E-state index contributed by atoms with van der Waals surface area (Å²) in [5.41, 5.74) is 0.822. The van der Waals surface area contributed by atoms with E-state index in [1.165, 1.54) is 14.2 Å². The number of ether oxygens (including phenoxy) is 1. The van der Waals surface area contributed by atoms with Crippen molar-refractivity contribution in [1.29, 1.82) is 0 Å². The van der Waals surface area contributed by atoms with Crippen LogP contribution in [0.25, 0.3) is 0 Å². The third-order valence-corrected chi connectivity index (χ3v) is 6.17. The molecular formula is C19H24N2O4S. The van der Waals surface area contributed by atoms with Crippen molar-refractivity contribution in [1.82, 2.24) is 10.2 Å². The molecule has 140 valence electrons. The number of esters is 1. The van der Waals surface area contributed by atoms with Crippen LogP contribution in [0.15, 0.2) is 24.3 Å². The second kappa shape index (κ2) is 7.04. The van der Waals surface area contributed by atoms with Crippen LogP contribution in [-0.2, 0) is 19.1 Å². The van der Waals surface area contributed by atoms with E-state index < -0.39 is 29.4 Å². The molecule has 2 amide bonds. The Bertz CT molecular complexity index is 736. The van der Waals surface area contributed by atoms with Crippen LogP contribution in [0.1, 0.15) is 23.6 Å². The molecule has 0 aliphatic carbocycles. The lowest BCUT2D eigenvalue weighted by Crippen LogP contribution is -2.56. The smallest absolute Gasteiger partial charge is 0.326 e. The molecule has 0 spiro atoms. The molecule has 3 rings (SSSR count). The molecule has 2 saturated heterocycles. The number of fused-ring (bicyclic) bond motifs is 1. The lowest BCUT2D eigenvalue weighted by Gasteiger charge is -2.32. The van der Waals surface area contributed by atoms with Gasteiger partial charge in [0.1, 0.15) is 5.54 Å². The first-order chi connectivity index (χ1) is 12.4. The van der Waals surface area contributed by atoms with Gasteiger partial charge in [0.15, 0.2) is 0 Å². The van der Waals surface area contributed by atoms with E-state index in [0.29, 0.717) is 12.2 Å². The van der Waals surface area contributed by atoms with Gasteiger partial charge in [0.25, 0.3) is 0 Å². The number of carbonyl (C=O) groups excluding carboxylic acids is 3. The maximum Gasteiger partial charge on any atom is 0.326 e. The van der Waals surface area contributed by atoms with Crippen LogP contribution in [0.5, 0.6) is 0 Å². The molecule has 0 unspecified atom stereocenters. The van der Waals surface area contributed by atoms with E-state index in [9.17, 15) is 14.4 Å². The number of nitrogens with zero attached hydrogens (tertiary/aromatic N) is 1. The van der Waals surface area contributed by atoms with Gasteiger partial charge in [-0.2, -0.15) is 11.8 Å². The molecule has 0 aromatic heterocycles. The number of rotatable bonds is 5. The van der Waals surface area contributed by atoms with E-state index in [1.807, 2.05) is 37.4 Å². The molecule has 6 nitrogen and oxygen atoms in total. The van der Waals surface area contributed by atoms with Gasteiger partial charge in [-0.3, -0.25) is 24.6 Å². The fraction of sp³-hybridized carbons (Fsp3) is 0.526. The Hall–Kier alpha value is -1.86. The van der Waals surface area contributed by atoms with Gasteiger partial charge in [0.05, 0.1) is 18.9 Å². The number of hydrogen-bond donors (Lipinski definition) is 1. The number of amides is 2. The molecule has 0 radical (unpaired) electrons. The third-order valence-electron chi connectivity index (χ3n) is 5.56. The number of thioether (sulfide) groups is 1. The maximum absolute atomic E-state index is 12.9. The topological polar surface area (TPSA) is 75.7 Å². The Kier molecular flexibility index (Phi) is 5.12.